The molecule has 26 heavy (non-hydrogen) atoms. The Hall–Kier alpha value is -0.540. The summed E-state index contributed by atoms with van der Waals surface area (Å²) in [7, 11) is 0. The van der Waals surface area contributed by atoms with Crippen LogP contribution in [-0.4, -0.2) is 23.6 Å². The minimum absolute atomic E-state index is 0.221. The van der Waals surface area contributed by atoms with Crippen LogP contribution in [-0.2, 0) is 9.47 Å². The Balaban J connectivity index is 1.62. The van der Waals surface area contributed by atoms with E-state index in [2.05, 4.69) is 27.4 Å². The molecule has 0 spiro atoms. The topological polar surface area (TPSA) is 38.7 Å². The van der Waals surface area contributed by atoms with Crippen molar-refractivity contribution in [1.82, 2.24) is 0 Å². The van der Waals surface area contributed by atoms with Crippen LogP contribution in [0.25, 0.3) is 0 Å². The molecule has 0 aromatic heterocycles. The van der Waals surface area contributed by atoms with Crippen molar-refractivity contribution in [3.05, 3.63) is 12.3 Å². The molecule has 0 aromatic carbocycles. The molecule has 5 fully saturated rings. The van der Waals surface area contributed by atoms with Crippen LogP contribution in [0.2, 0.25) is 0 Å². The highest BCUT2D eigenvalue weighted by Gasteiger charge is 2.68. The molecule has 0 aliphatic heterocycles. The van der Waals surface area contributed by atoms with Crippen molar-refractivity contribution < 1.29 is 14.6 Å². The minimum Gasteiger partial charge on any atom is -0.490 e. The van der Waals surface area contributed by atoms with Crippen LogP contribution in [0.1, 0.15) is 72.6 Å². The fourth-order valence-electron chi connectivity index (χ4n) is 8.02. The van der Waals surface area contributed by atoms with Crippen LogP contribution in [0.5, 0.6) is 0 Å². The first-order chi connectivity index (χ1) is 12.3. The zero-order chi connectivity index (χ0) is 18.7. The summed E-state index contributed by atoms with van der Waals surface area (Å²) in [5.41, 5.74) is 0.0681. The van der Waals surface area contributed by atoms with Crippen molar-refractivity contribution in [2.45, 2.75) is 84.5 Å². The van der Waals surface area contributed by atoms with Crippen LogP contribution in [0.4, 0.5) is 0 Å². The van der Waals surface area contributed by atoms with Gasteiger partial charge in [0.2, 0.25) is 0 Å². The molecule has 8 unspecified atom stereocenters. The number of ether oxygens (including phenoxy) is 2. The monoisotopic (exact) mass is 362 g/mol. The van der Waals surface area contributed by atoms with E-state index in [9.17, 15) is 5.11 Å². The molecule has 0 amide bonds. The summed E-state index contributed by atoms with van der Waals surface area (Å²) in [6.07, 6.45) is 9.08. The standard InChI is InChI=1S/C23H38O3/c1-6-16-9-20-18-7-17-8-19(11-18)23(12-16,21(20)10-17)22(4,5)26-14(2)13-25-15(3)24/h15-21,24H,2,6-13H2,1,3-5H3. The summed E-state index contributed by atoms with van der Waals surface area (Å²) < 4.78 is 11.9. The quantitative estimate of drug-likeness (QED) is 0.503. The summed E-state index contributed by atoms with van der Waals surface area (Å²) in [6, 6.07) is 0. The maximum atomic E-state index is 9.40. The van der Waals surface area contributed by atoms with Crippen molar-refractivity contribution in [2.75, 3.05) is 6.61 Å². The van der Waals surface area contributed by atoms with E-state index < -0.39 is 6.29 Å². The van der Waals surface area contributed by atoms with Crippen LogP contribution >= 0.6 is 0 Å². The highest BCUT2D eigenvalue weighted by Crippen LogP contribution is 2.73. The van der Waals surface area contributed by atoms with Gasteiger partial charge < -0.3 is 14.6 Å². The molecule has 3 heteroatoms. The van der Waals surface area contributed by atoms with Gasteiger partial charge >= 0.3 is 0 Å². The van der Waals surface area contributed by atoms with Crippen LogP contribution in [0, 0.1) is 40.9 Å². The average molecular weight is 363 g/mol. The van der Waals surface area contributed by atoms with Crippen LogP contribution in [0.15, 0.2) is 12.3 Å². The molecule has 0 heterocycles. The molecule has 0 aromatic rings. The Kier molecular flexibility index (Phi) is 4.71. The lowest BCUT2D eigenvalue weighted by atomic mass is 9.34. The van der Waals surface area contributed by atoms with Crippen molar-refractivity contribution in [2.24, 2.45) is 40.9 Å². The molecule has 3 nitrogen and oxygen atoms in total. The largest absolute Gasteiger partial charge is 0.490 e. The zero-order valence-electron chi connectivity index (χ0n) is 17.2. The number of rotatable bonds is 7. The van der Waals surface area contributed by atoms with Gasteiger partial charge in [-0.15, -0.1) is 0 Å². The van der Waals surface area contributed by atoms with E-state index in [1.807, 2.05) is 0 Å². The van der Waals surface area contributed by atoms with Crippen molar-refractivity contribution >= 4 is 0 Å². The highest BCUT2D eigenvalue weighted by atomic mass is 16.6. The third-order valence-corrected chi connectivity index (χ3v) is 8.76. The molecule has 5 aliphatic rings. The van der Waals surface area contributed by atoms with Gasteiger partial charge in [0, 0.05) is 5.41 Å². The molecule has 0 radical (unpaired) electrons. The van der Waals surface area contributed by atoms with E-state index in [0.717, 1.165) is 35.5 Å². The van der Waals surface area contributed by atoms with Gasteiger partial charge in [-0.1, -0.05) is 19.9 Å². The van der Waals surface area contributed by atoms with E-state index in [-0.39, 0.29) is 17.6 Å². The van der Waals surface area contributed by atoms with Crippen molar-refractivity contribution in [3.8, 4) is 0 Å². The summed E-state index contributed by atoms with van der Waals surface area (Å²) in [5, 5.41) is 9.40. The van der Waals surface area contributed by atoms with Gasteiger partial charge in [0.15, 0.2) is 6.29 Å². The van der Waals surface area contributed by atoms with Gasteiger partial charge in [0.25, 0.3) is 0 Å². The average Bonchev–Trinajstić information content (AvgIpc) is 2.57. The second kappa shape index (κ2) is 6.51. The smallest absolute Gasteiger partial charge is 0.152 e. The number of aliphatic hydroxyl groups excluding tert-OH is 1. The number of hydrogen-bond donors (Lipinski definition) is 1. The predicted octanol–water partition coefficient (Wildman–Crippen LogP) is 5.14. The van der Waals surface area contributed by atoms with Crippen LogP contribution in [0.3, 0.4) is 0 Å². The lowest BCUT2D eigenvalue weighted by molar-refractivity contribution is -0.262. The minimum atomic E-state index is -0.777. The molecule has 5 saturated carbocycles. The highest BCUT2D eigenvalue weighted by molar-refractivity contribution is 5.18. The fraction of sp³-hybridized carbons (Fsp3) is 0.913. The summed E-state index contributed by atoms with van der Waals surface area (Å²) in [4.78, 5) is 0. The van der Waals surface area contributed by atoms with Crippen LogP contribution < -0.4 is 0 Å². The SMILES string of the molecule is C=C(COC(C)O)OC(C)(C)C12CC(CC)CC3C4CC(CC1C4)CC32. The zero-order valence-corrected chi connectivity index (χ0v) is 17.2. The molecule has 0 saturated heterocycles. The van der Waals surface area contributed by atoms with Gasteiger partial charge in [-0.25, -0.2) is 0 Å². The van der Waals surface area contributed by atoms with E-state index in [0.29, 0.717) is 5.76 Å². The fourth-order valence-corrected chi connectivity index (χ4v) is 8.02. The molecule has 148 valence electrons. The van der Waals surface area contributed by atoms with Gasteiger partial charge in [0.05, 0.1) is 0 Å². The van der Waals surface area contributed by atoms with Gasteiger partial charge in [0.1, 0.15) is 18.0 Å². The first kappa shape index (κ1) is 18.8. The van der Waals surface area contributed by atoms with Crippen molar-refractivity contribution in [1.29, 1.82) is 0 Å². The molecule has 8 atom stereocenters. The second-order valence-corrected chi connectivity index (χ2v) is 10.4. The molecule has 1 N–H and O–H groups in total. The first-order valence-corrected chi connectivity index (χ1v) is 10.9. The molecular weight excluding hydrogens is 324 g/mol. The Morgan fingerprint density at radius 2 is 2.00 bits per heavy atom. The van der Waals surface area contributed by atoms with Crippen molar-refractivity contribution in [3.63, 3.8) is 0 Å². The number of aliphatic hydroxyl groups is 1. The lowest BCUT2D eigenvalue weighted by Gasteiger charge is -2.71. The third kappa shape index (κ3) is 2.76. The van der Waals surface area contributed by atoms with E-state index in [4.69, 9.17) is 9.47 Å². The molecule has 6 bridgehead atoms. The first-order valence-electron chi connectivity index (χ1n) is 10.9. The van der Waals surface area contributed by atoms with E-state index >= 15 is 0 Å². The van der Waals surface area contributed by atoms with Gasteiger partial charge in [-0.3, -0.25) is 0 Å². The second-order valence-electron chi connectivity index (χ2n) is 10.4. The van der Waals surface area contributed by atoms with E-state index in [1.54, 1.807) is 6.92 Å². The summed E-state index contributed by atoms with van der Waals surface area (Å²) >= 11 is 0. The Morgan fingerprint density at radius 1 is 1.23 bits per heavy atom. The molecule has 5 rings (SSSR count). The molecule has 5 aliphatic carbocycles. The molecular formula is C23H38O3. The number of hydrogen-bond acceptors (Lipinski definition) is 3. The summed E-state index contributed by atoms with van der Waals surface area (Å²) in [6.45, 7) is 13.0. The summed E-state index contributed by atoms with van der Waals surface area (Å²) in [5.74, 6) is 6.04. The Morgan fingerprint density at radius 3 is 2.69 bits per heavy atom. The Labute approximate surface area is 159 Å². The maximum Gasteiger partial charge on any atom is 0.152 e. The predicted molar refractivity (Wildman–Crippen MR) is 103 cm³/mol. The Bertz CT molecular complexity index is 554. The maximum absolute atomic E-state index is 9.40. The van der Waals surface area contributed by atoms with Gasteiger partial charge in [-0.2, -0.15) is 0 Å². The van der Waals surface area contributed by atoms with Gasteiger partial charge in [-0.05, 0) is 94.8 Å². The van der Waals surface area contributed by atoms with E-state index in [1.165, 1.54) is 44.9 Å². The lowest BCUT2D eigenvalue weighted by Crippen LogP contribution is -2.68. The third-order valence-electron chi connectivity index (χ3n) is 8.76. The normalized spacial score (nSPS) is 44.8.